The number of hydrogen-bond acceptors (Lipinski definition) is 4. The smallest absolute Gasteiger partial charge is 0.345 e. The van der Waals surface area contributed by atoms with E-state index in [1.165, 1.54) is 59.1 Å². The fourth-order valence-electron chi connectivity index (χ4n) is 6.62. The number of nitrogens with zero attached hydrogens (tertiary/aromatic N) is 2. The average Bonchev–Trinajstić information content (AvgIpc) is 3.61. The number of alkyl halides is 3. The van der Waals surface area contributed by atoms with Gasteiger partial charge < -0.3 is 9.80 Å². The quantitative estimate of drug-likeness (QED) is 0.180. The van der Waals surface area contributed by atoms with Gasteiger partial charge in [-0.05, 0) is 105 Å². The summed E-state index contributed by atoms with van der Waals surface area (Å²) in [6, 6.07) is 38.3. The second-order valence-corrected chi connectivity index (χ2v) is 14.6. The van der Waals surface area contributed by atoms with Crippen molar-refractivity contribution in [2.45, 2.75) is 26.9 Å². The summed E-state index contributed by atoms with van der Waals surface area (Å²) >= 11 is 3.56. The standard InChI is InChI=1S/C41H31F3N2S2/c1-24-6-18-36(26(3)19-24)46(30-12-16-34-32-14-5-25(2)20-37(32)47-39(34)22-30)31-13-17-35-33-15-11-29(21-38(33)48-40(35)23-31)45(4)28-9-7-27(8-10-28)41(42,43)44/h5-23H,1-4H3. The molecule has 2 aromatic heterocycles. The van der Waals surface area contributed by atoms with Crippen LogP contribution in [0.15, 0.2) is 115 Å². The predicted molar refractivity (Wildman–Crippen MR) is 201 cm³/mol. The lowest BCUT2D eigenvalue weighted by Gasteiger charge is -2.27. The predicted octanol–water partition coefficient (Wildman–Crippen LogP) is 13.6. The van der Waals surface area contributed by atoms with Crippen molar-refractivity contribution in [1.29, 1.82) is 0 Å². The Kier molecular flexibility index (Phi) is 7.23. The topological polar surface area (TPSA) is 6.48 Å². The fourth-order valence-corrected chi connectivity index (χ4v) is 9.03. The zero-order valence-electron chi connectivity index (χ0n) is 26.8. The normalized spacial score (nSPS) is 12.1. The second-order valence-electron chi connectivity index (χ2n) is 12.5. The van der Waals surface area contributed by atoms with Gasteiger partial charge in [0.15, 0.2) is 0 Å². The van der Waals surface area contributed by atoms with Gasteiger partial charge in [0.05, 0.1) is 5.56 Å². The lowest BCUT2D eigenvalue weighted by Crippen LogP contribution is -2.11. The van der Waals surface area contributed by atoms with Crippen molar-refractivity contribution in [3.63, 3.8) is 0 Å². The average molecular weight is 673 g/mol. The Hall–Kier alpha value is -4.85. The highest BCUT2D eigenvalue weighted by Crippen LogP contribution is 2.45. The van der Waals surface area contributed by atoms with Crippen LogP contribution in [0.3, 0.4) is 0 Å². The molecule has 8 rings (SSSR count). The maximum Gasteiger partial charge on any atom is 0.416 e. The molecule has 0 amide bonds. The van der Waals surface area contributed by atoms with Crippen LogP contribution in [0.5, 0.6) is 0 Å². The summed E-state index contributed by atoms with van der Waals surface area (Å²) in [5.74, 6) is 0. The van der Waals surface area contributed by atoms with Gasteiger partial charge in [-0.1, -0.05) is 48.0 Å². The van der Waals surface area contributed by atoms with Gasteiger partial charge in [-0.2, -0.15) is 13.2 Å². The third-order valence-corrected chi connectivity index (χ3v) is 11.4. The third-order valence-electron chi connectivity index (χ3n) is 9.13. The molecule has 0 fully saturated rings. The van der Waals surface area contributed by atoms with E-state index >= 15 is 0 Å². The molecule has 0 bridgehead atoms. The van der Waals surface area contributed by atoms with Crippen LogP contribution in [0.4, 0.5) is 41.6 Å². The molecule has 0 radical (unpaired) electrons. The molecule has 0 unspecified atom stereocenters. The van der Waals surface area contributed by atoms with Crippen molar-refractivity contribution in [2.24, 2.45) is 0 Å². The van der Waals surface area contributed by atoms with Gasteiger partial charge in [0.1, 0.15) is 0 Å². The number of thiophene rings is 2. The zero-order chi connectivity index (χ0) is 33.3. The van der Waals surface area contributed by atoms with Crippen LogP contribution in [0.1, 0.15) is 22.3 Å². The van der Waals surface area contributed by atoms with Crippen LogP contribution >= 0.6 is 22.7 Å². The van der Waals surface area contributed by atoms with Crippen LogP contribution < -0.4 is 9.80 Å². The Balaban J connectivity index is 1.22. The Morgan fingerprint density at radius 2 is 0.917 bits per heavy atom. The van der Waals surface area contributed by atoms with E-state index in [1.807, 2.05) is 29.4 Å². The molecule has 48 heavy (non-hydrogen) atoms. The first-order valence-corrected chi connectivity index (χ1v) is 17.3. The zero-order valence-corrected chi connectivity index (χ0v) is 28.4. The largest absolute Gasteiger partial charge is 0.416 e. The lowest BCUT2D eigenvalue weighted by molar-refractivity contribution is -0.137. The van der Waals surface area contributed by atoms with Crippen molar-refractivity contribution in [3.05, 3.63) is 138 Å². The van der Waals surface area contributed by atoms with Gasteiger partial charge in [-0.25, -0.2) is 0 Å². The molecule has 0 aliphatic heterocycles. The van der Waals surface area contributed by atoms with E-state index in [1.54, 1.807) is 11.3 Å². The molecular weight excluding hydrogens is 642 g/mol. The van der Waals surface area contributed by atoms with E-state index < -0.39 is 11.7 Å². The molecule has 0 saturated carbocycles. The highest BCUT2D eigenvalue weighted by atomic mass is 32.1. The molecule has 0 N–H and O–H groups in total. The monoisotopic (exact) mass is 672 g/mol. The van der Waals surface area contributed by atoms with E-state index in [2.05, 4.69) is 111 Å². The van der Waals surface area contributed by atoms with Crippen molar-refractivity contribution < 1.29 is 13.2 Å². The molecule has 8 aromatic rings. The summed E-state index contributed by atoms with van der Waals surface area (Å²) < 4.78 is 44.2. The SMILES string of the molecule is Cc1ccc(N(c2ccc3c(c2)sc2cc(C)ccc23)c2ccc3c(c2)sc2cc(N(C)c4ccc(C(F)(F)F)cc4)ccc23)c(C)c1. The minimum Gasteiger partial charge on any atom is -0.345 e. The summed E-state index contributed by atoms with van der Waals surface area (Å²) in [6.45, 7) is 6.43. The number of aryl methyl sites for hydroxylation is 3. The van der Waals surface area contributed by atoms with Gasteiger partial charge >= 0.3 is 6.18 Å². The highest BCUT2D eigenvalue weighted by molar-refractivity contribution is 7.26. The highest BCUT2D eigenvalue weighted by Gasteiger charge is 2.30. The van der Waals surface area contributed by atoms with E-state index in [0.717, 1.165) is 45.0 Å². The van der Waals surface area contributed by atoms with Crippen LogP contribution in [0, 0.1) is 20.8 Å². The van der Waals surface area contributed by atoms with E-state index in [0.29, 0.717) is 5.69 Å². The Morgan fingerprint density at radius 3 is 1.46 bits per heavy atom. The first kappa shape index (κ1) is 30.5. The molecule has 0 atom stereocenters. The first-order chi connectivity index (χ1) is 23.0. The maximum atomic E-state index is 13.1. The number of hydrogen-bond donors (Lipinski definition) is 0. The van der Waals surface area contributed by atoms with Crippen LogP contribution in [-0.4, -0.2) is 7.05 Å². The Bertz CT molecular complexity index is 2510. The summed E-state index contributed by atoms with van der Waals surface area (Å²) in [5, 5.41) is 4.90. The first-order valence-electron chi connectivity index (χ1n) is 15.7. The number of halogens is 3. The molecule has 6 aromatic carbocycles. The lowest BCUT2D eigenvalue weighted by atomic mass is 10.1. The summed E-state index contributed by atoms with van der Waals surface area (Å²) in [6.07, 6.45) is -4.36. The van der Waals surface area contributed by atoms with Crippen molar-refractivity contribution in [3.8, 4) is 0 Å². The Morgan fingerprint density at radius 1 is 0.479 bits per heavy atom. The molecule has 0 aliphatic carbocycles. The van der Waals surface area contributed by atoms with Gasteiger partial charge in [0.25, 0.3) is 0 Å². The number of anilines is 5. The fraction of sp³-hybridized carbons (Fsp3) is 0.122. The number of benzene rings is 6. The molecule has 0 spiro atoms. The van der Waals surface area contributed by atoms with E-state index in [4.69, 9.17) is 0 Å². The minimum absolute atomic E-state index is 0.649. The van der Waals surface area contributed by atoms with E-state index in [-0.39, 0.29) is 0 Å². The second kappa shape index (κ2) is 11.4. The van der Waals surface area contributed by atoms with Crippen molar-refractivity contribution in [1.82, 2.24) is 0 Å². The Labute approximate surface area is 284 Å². The van der Waals surface area contributed by atoms with Gasteiger partial charge in [-0.3, -0.25) is 0 Å². The molecule has 2 nitrogen and oxygen atoms in total. The number of rotatable bonds is 5. The summed E-state index contributed by atoms with van der Waals surface area (Å²) in [7, 11) is 1.88. The summed E-state index contributed by atoms with van der Waals surface area (Å²) in [5.41, 5.74) is 7.98. The van der Waals surface area contributed by atoms with Crippen LogP contribution in [0.2, 0.25) is 0 Å². The van der Waals surface area contributed by atoms with Crippen LogP contribution in [-0.2, 0) is 6.18 Å². The van der Waals surface area contributed by atoms with Gasteiger partial charge in [0, 0.05) is 75.8 Å². The molecule has 238 valence electrons. The van der Waals surface area contributed by atoms with Gasteiger partial charge in [-0.15, -0.1) is 22.7 Å². The molecule has 2 heterocycles. The summed E-state index contributed by atoms with van der Waals surface area (Å²) in [4.78, 5) is 4.28. The minimum atomic E-state index is -4.36. The number of fused-ring (bicyclic) bond motifs is 6. The third kappa shape index (κ3) is 5.27. The van der Waals surface area contributed by atoms with Crippen molar-refractivity contribution >= 4 is 91.5 Å². The maximum absolute atomic E-state index is 13.1. The molecule has 7 heteroatoms. The van der Waals surface area contributed by atoms with Crippen LogP contribution in [0.25, 0.3) is 40.3 Å². The molecule has 0 saturated heterocycles. The molecular formula is C41H31F3N2S2. The van der Waals surface area contributed by atoms with Crippen molar-refractivity contribution in [2.75, 3.05) is 16.8 Å². The molecule has 0 aliphatic rings. The van der Waals surface area contributed by atoms with E-state index in [9.17, 15) is 13.2 Å². The van der Waals surface area contributed by atoms with Gasteiger partial charge in [0.2, 0.25) is 0 Å².